The number of nitrogens with two attached hydrogens (primary N) is 1. The van der Waals surface area contributed by atoms with E-state index >= 15 is 0 Å². The molecule has 0 spiro atoms. The fourth-order valence-corrected chi connectivity index (χ4v) is 3.85. The molecule has 1 heterocycles. The molecular formula is C13H28N2OS. The molecule has 1 aliphatic rings. The van der Waals surface area contributed by atoms with E-state index in [-0.39, 0.29) is 5.54 Å². The average Bonchev–Trinajstić information content (AvgIpc) is 2.35. The third kappa shape index (κ3) is 3.37. The van der Waals surface area contributed by atoms with Crippen LogP contribution in [0.2, 0.25) is 0 Å². The van der Waals surface area contributed by atoms with Gasteiger partial charge in [-0.2, -0.15) is 11.8 Å². The van der Waals surface area contributed by atoms with Gasteiger partial charge in [-0.3, -0.25) is 4.90 Å². The lowest BCUT2D eigenvalue weighted by molar-refractivity contribution is -0.0145. The maximum atomic E-state index is 6.08. The van der Waals surface area contributed by atoms with Gasteiger partial charge in [0.25, 0.3) is 0 Å². The quantitative estimate of drug-likeness (QED) is 0.790. The second-order valence-electron chi connectivity index (χ2n) is 5.24. The summed E-state index contributed by atoms with van der Waals surface area (Å²) in [6.07, 6.45) is 1.24. The normalized spacial score (nSPS) is 26.1. The van der Waals surface area contributed by atoms with Crippen molar-refractivity contribution in [2.45, 2.75) is 38.0 Å². The molecule has 1 rings (SSSR count). The van der Waals surface area contributed by atoms with Crippen LogP contribution >= 0.6 is 11.8 Å². The Morgan fingerprint density at radius 1 is 1.53 bits per heavy atom. The smallest absolute Gasteiger partial charge is 0.0661 e. The van der Waals surface area contributed by atoms with E-state index < -0.39 is 0 Å². The predicted molar refractivity (Wildman–Crippen MR) is 76.6 cm³/mol. The van der Waals surface area contributed by atoms with Crippen molar-refractivity contribution in [2.75, 3.05) is 39.1 Å². The van der Waals surface area contributed by atoms with Crippen molar-refractivity contribution in [1.82, 2.24) is 4.90 Å². The van der Waals surface area contributed by atoms with Crippen molar-refractivity contribution in [3.63, 3.8) is 0 Å². The van der Waals surface area contributed by atoms with Crippen LogP contribution in [-0.4, -0.2) is 54.8 Å². The van der Waals surface area contributed by atoms with Gasteiger partial charge < -0.3 is 10.5 Å². The zero-order chi connectivity index (χ0) is 12.9. The van der Waals surface area contributed by atoms with Crippen LogP contribution in [0.3, 0.4) is 0 Å². The van der Waals surface area contributed by atoms with E-state index in [9.17, 15) is 0 Å². The largest absolute Gasteiger partial charge is 0.383 e. The molecule has 102 valence electrons. The summed E-state index contributed by atoms with van der Waals surface area (Å²) in [5.41, 5.74) is 6.10. The summed E-state index contributed by atoms with van der Waals surface area (Å²) in [5, 5.41) is 0.755. The Morgan fingerprint density at radius 2 is 2.24 bits per heavy atom. The first-order chi connectivity index (χ1) is 8.10. The standard InChI is InChI=1S/C13H28N2OS/c1-5-12-8-15(6-7-17-12)13(9-14,10-16-4)11(2)3/h11-12H,5-10,14H2,1-4H3. The van der Waals surface area contributed by atoms with E-state index in [2.05, 4.69) is 37.4 Å². The predicted octanol–water partition coefficient (Wildman–Crippen LogP) is 1.81. The molecule has 0 aromatic rings. The molecule has 4 heteroatoms. The number of hydrogen-bond acceptors (Lipinski definition) is 4. The SMILES string of the molecule is CCC1CN(C(CN)(COC)C(C)C)CCS1. The van der Waals surface area contributed by atoms with E-state index in [0.29, 0.717) is 12.5 Å². The van der Waals surface area contributed by atoms with Crippen molar-refractivity contribution in [3.8, 4) is 0 Å². The lowest BCUT2D eigenvalue weighted by Gasteiger charge is -2.49. The summed E-state index contributed by atoms with van der Waals surface area (Å²) in [7, 11) is 1.78. The molecule has 3 nitrogen and oxygen atoms in total. The molecule has 0 aliphatic carbocycles. The monoisotopic (exact) mass is 260 g/mol. The molecule has 1 saturated heterocycles. The molecule has 2 unspecified atom stereocenters. The summed E-state index contributed by atoms with van der Waals surface area (Å²) in [5.74, 6) is 1.74. The maximum absolute atomic E-state index is 6.08. The minimum absolute atomic E-state index is 0.0170. The minimum atomic E-state index is 0.0170. The molecule has 0 radical (unpaired) electrons. The van der Waals surface area contributed by atoms with Crippen LogP contribution in [0, 0.1) is 5.92 Å². The molecule has 1 aliphatic heterocycles. The van der Waals surface area contributed by atoms with Gasteiger partial charge in [0.1, 0.15) is 0 Å². The minimum Gasteiger partial charge on any atom is -0.383 e. The second-order valence-corrected chi connectivity index (χ2v) is 6.65. The molecule has 2 N–H and O–H groups in total. The van der Waals surface area contributed by atoms with Gasteiger partial charge in [-0.1, -0.05) is 20.8 Å². The van der Waals surface area contributed by atoms with Crippen LogP contribution in [0.15, 0.2) is 0 Å². The van der Waals surface area contributed by atoms with Crippen LogP contribution in [0.5, 0.6) is 0 Å². The number of hydrogen-bond donors (Lipinski definition) is 1. The zero-order valence-electron chi connectivity index (χ0n) is 11.7. The lowest BCUT2D eigenvalue weighted by atomic mass is 9.84. The molecule has 0 amide bonds. The summed E-state index contributed by atoms with van der Waals surface area (Å²) in [6, 6.07) is 0. The summed E-state index contributed by atoms with van der Waals surface area (Å²) < 4.78 is 5.45. The Hall–Kier alpha value is 0.230. The van der Waals surface area contributed by atoms with Gasteiger partial charge in [0.15, 0.2) is 0 Å². The molecule has 0 aromatic heterocycles. The van der Waals surface area contributed by atoms with Gasteiger partial charge in [0, 0.05) is 37.7 Å². The average molecular weight is 260 g/mol. The molecule has 2 atom stereocenters. The van der Waals surface area contributed by atoms with Crippen molar-refractivity contribution >= 4 is 11.8 Å². The van der Waals surface area contributed by atoms with Gasteiger partial charge in [-0.25, -0.2) is 0 Å². The molecule has 0 saturated carbocycles. The molecule has 17 heavy (non-hydrogen) atoms. The second kappa shape index (κ2) is 6.98. The Labute approximate surface area is 110 Å². The first-order valence-corrected chi connectivity index (χ1v) is 7.71. The van der Waals surface area contributed by atoms with Gasteiger partial charge in [0.2, 0.25) is 0 Å². The van der Waals surface area contributed by atoms with E-state index in [4.69, 9.17) is 10.5 Å². The lowest BCUT2D eigenvalue weighted by Crippen LogP contribution is -2.63. The Bertz CT molecular complexity index is 225. The third-order valence-corrected chi connectivity index (χ3v) is 5.42. The van der Waals surface area contributed by atoms with E-state index in [1.807, 2.05) is 0 Å². The molecule has 0 bridgehead atoms. The van der Waals surface area contributed by atoms with Gasteiger partial charge in [-0.05, 0) is 12.3 Å². The fourth-order valence-electron chi connectivity index (χ4n) is 2.67. The summed E-state index contributed by atoms with van der Waals surface area (Å²) in [6.45, 7) is 10.5. The van der Waals surface area contributed by atoms with Gasteiger partial charge in [-0.15, -0.1) is 0 Å². The van der Waals surface area contributed by atoms with Crippen molar-refractivity contribution in [1.29, 1.82) is 0 Å². The van der Waals surface area contributed by atoms with Crippen LogP contribution in [0.25, 0.3) is 0 Å². The van der Waals surface area contributed by atoms with E-state index in [0.717, 1.165) is 24.9 Å². The Morgan fingerprint density at radius 3 is 2.71 bits per heavy atom. The highest BCUT2D eigenvalue weighted by Crippen LogP contribution is 2.31. The Balaban J connectivity index is 2.81. The Kier molecular flexibility index (Phi) is 6.27. The van der Waals surface area contributed by atoms with E-state index in [1.165, 1.54) is 12.2 Å². The zero-order valence-corrected chi connectivity index (χ0v) is 12.6. The van der Waals surface area contributed by atoms with E-state index in [1.54, 1.807) is 7.11 Å². The highest BCUT2D eigenvalue weighted by Gasteiger charge is 2.40. The third-order valence-electron chi connectivity index (χ3n) is 4.05. The number of methoxy groups -OCH3 is 1. The van der Waals surface area contributed by atoms with Crippen molar-refractivity contribution < 1.29 is 4.74 Å². The highest BCUT2D eigenvalue weighted by atomic mass is 32.2. The number of rotatable bonds is 6. The maximum Gasteiger partial charge on any atom is 0.0661 e. The number of thioether (sulfide) groups is 1. The van der Waals surface area contributed by atoms with Crippen LogP contribution in [0.4, 0.5) is 0 Å². The highest BCUT2D eigenvalue weighted by molar-refractivity contribution is 8.00. The summed E-state index contributed by atoms with van der Waals surface area (Å²) in [4.78, 5) is 2.58. The fraction of sp³-hybridized carbons (Fsp3) is 1.00. The molecule has 1 fully saturated rings. The van der Waals surface area contributed by atoms with Gasteiger partial charge in [0.05, 0.1) is 12.1 Å². The number of nitrogens with zero attached hydrogens (tertiary/aromatic N) is 1. The topological polar surface area (TPSA) is 38.5 Å². The van der Waals surface area contributed by atoms with Crippen molar-refractivity contribution in [3.05, 3.63) is 0 Å². The van der Waals surface area contributed by atoms with Gasteiger partial charge >= 0.3 is 0 Å². The van der Waals surface area contributed by atoms with Crippen LogP contribution in [0.1, 0.15) is 27.2 Å². The first-order valence-electron chi connectivity index (χ1n) is 6.66. The van der Waals surface area contributed by atoms with Crippen molar-refractivity contribution in [2.24, 2.45) is 11.7 Å². The molecular weight excluding hydrogens is 232 g/mol. The first kappa shape index (κ1) is 15.3. The number of ether oxygens (including phenoxy) is 1. The van der Waals surface area contributed by atoms with Crippen LogP contribution in [-0.2, 0) is 4.74 Å². The summed E-state index contributed by atoms with van der Waals surface area (Å²) >= 11 is 2.10. The molecule has 0 aromatic carbocycles. The van der Waals surface area contributed by atoms with Crippen LogP contribution < -0.4 is 5.73 Å².